The van der Waals surface area contributed by atoms with Crippen molar-refractivity contribution < 1.29 is 26.3 Å². The van der Waals surface area contributed by atoms with Gasteiger partial charge in [-0.25, -0.2) is 13.4 Å². The second kappa shape index (κ2) is 6.97. The molecule has 0 saturated heterocycles. The maximum absolute atomic E-state index is 12.2. The van der Waals surface area contributed by atoms with Crippen LogP contribution >= 0.6 is 0 Å². The molecule has 1 aromatic heterocycles. The van der Waals surface area contributed by atoms with Crippen LogP contribution in [0, 0.1) is 0 Å². The lowest BCUT2D eigenvalue weighted by molar-refractivity contribution is -0.274. The summed E-state index contributed by atoms with van der Waals surface area (Å²) in [5.74, 6) is -0.302. The van der Waals surface area contributed by atoms with Crippen LogP contribution in [0.25, 0.3) is 0 Å². The first kappa shape index (κ1) is 19.4. The molecule has 0 aliphatic carbocycles. The van der Waals surface area contributed by atoms with E-state index in [1.807, 2.05) is 4.90 Å². The number of nitrogens with zero attached hydrogens (tertiary/aromatic N) is 2. The molecule has 0 radical (unpaired) electrons. The summed E-state index contributed by atoms with van der Waals surface area (Å²) in [5.41, 5.74) is 1.10. The summed E-state index contributed by atoms with van der Waals surface area (Å²) in [5, 5.41) is -0.347. The molecule has 1 aliphatic heterocycles. The third-order valence-corrected chi connectivity index (χ3v) is 4.94. The van der Waals surface area contributed by atoms with Crippen LogP contribution in [0.1, 0.15) is 16.8 Å². The quantitative estimate of drug-likeness (QED) is 0.781. The molecule has 2 aromatic rings. The highest BCUT2D eigenvalue weighted by molar-refractivity contribution is 7.90. The summed E-state index contributed by atoms with van der Waals surface area (Å²) in [6.45, 7) is 1.22. The molecule has 0 unspecified atom stereocenters. The van der Waals surface area contributed by atoms with Gasteiger partial charge >= 0.3 is 6.36 Å². The van der Waals surface area contributed by atoms with E-state index in [9.17, 15) is 26.4 Å². The molecule has 27 heavy (non-hydrogen) atoms. The maximum Gasteiger partial charge on any atom is 0.573 e. The van der Waals surface area contributed by atoms with Crippen molar-refractivity contribution in [3.8, 4) is 5.75 Å². The standard InChI is InChI=1S/C16H16F3N3O4S/c1-27(24,25)15-20-13-6-7-22(9-12(13)14(23)21-15)8-10-2-4-11(5-3-10)26-16(17,18)19/h2-5H,6-9H2,1H3,(H,20,21,23). The predicted molar refractivity (Wildman–Crippen MR) is 88.9 cm³/mol. The van der Waals surface area contributed by atoms with Crippen molar-refractivity contribution in [1.82, 2.24) is 14.9 Å². The fourth-order valence-electron chi connectivity index (χ4n) is 2.82. The van der Waals surface area contributed by atoms with Crippen LogP contribution in [0.2, 0.25) is 0 Å². The number of hydrogen-bond donors (Lipinski definition) is 1. The van der Waals surface area contributed by atoms with E-state index in [0.717, 1.165) is 11.8 Å². The molecule has 0 bridgehead atoms. The van der Waals surface area contributed by atoms with Crippen LogP contribution in [0.4, 0.5) is 13.2 Å². The number of nitrogens with one attached hydrogen (secondary N) is 1. The lowest BCUT2D eigenvalue weighted by atomic mass is 10.1. The molecule has 1 aromatic carbocycles. The van der Waals surface area contributed by atoms with Crippen molar-refractivity contribution in [3.05, 3.63) is 51.4 Å². The SMILES string of the molecule is CS(=O)(=O)c1nc2c(c(=O)[nH]1)CN(Cc1ccc(OC(F)(F)F)cc1)CC2. The molecule has 0 fully saturated rings. The Morgan fingerprint density at radius 1 is 1.26 bits per heavy atom. The van der Waals surface area contributed by atoms with Crippen molar-refractivity contribution in [2.75, 3.05) is 12.8 Å². The van der Waals surface area contributed by atoms with E-state index in [1.165, 1.54) is 24.3 Å². The van der Waals surface area contributed by atoms with Gasteiger partial charge in [-0.1, -0.05) is 12.1 Å². The molecular formula is C16H16F3N3O4S. The van der Waals surface area contributed by atoms with Gasteiger partial charge in [0.05, 0.1) is 11.3 Å². The minimum absolute atomic E-state index is 0.266. The maximum atomic E-state index is 12.2. The van der Waals surface area contributed by atoms with Gasteiger partial charge < -0.3 is 4.74 Å². The molecule has 0 spiro atoms. The van der Waals surface area contributed by atoms with Crippen molar-refractivity contribution in [1.29, 1.82) is 0 Å². The number of halogens is 3. The van der Waals surface area contributed by atoms with Gasteiger partial charge in [0.2, 0.25) is 15.0 Å². The second-order valence-electron chi connectivity index (χ2n) is 6.22. The Bertz CT molecular complexity index is 1000. The van der Waals surface area contributed by atoms with Crippen LogP contribution < -0.4 is 10.3 Å². The van der Waals surface area contributed by atoms with E-state index >= 15 is 0 Å². The van der Waals surface area contributed by atoms with Gasteiger partial charge in [0.15, 0.2) is 0 Å². The van der Waals surface area contributed by atoms with Gasteiger partial charge in [0.25, 0.3) is 5.56 Å². The van der Waals surface area contributed by atoms with E-state index < -0.39 is 21.8 Å². The first-order valence-electron chi connectivity index (χ1n) is 7.90. The summed E-state index contributed by atoms with van der Waals surface area (Å²) in [7, 11) is -3.61. The molecule has 3 rings (SSSR count). The zero-order chi connectivity index (χ0) is 19.8. The lowest BCUT2D eigenvalue weighted by Crippen LogP contribution is -2.36. The molecule has 0 atom stereocenters. The van der Waals surface area contributed by atoms with E-state index in [-0.39, 0.29) is 17.5 Å². The van der Waals surface area contributed by atoms with Crippen LogP contribution in [0.15, 0.2) is 34.2 Å². The minimum atomic E-state index is -4.74. The first-order valence-corrected chi connectivity index (χ1v) is 9.79. The molecule has 0 amide bonds. The number of rotatable bonds is 4. The Morgan fingerprint density at radius 3 is 2.52 bits per heavy atom. The number of alkyl halides is 3. The summed E-state index contributed by atoms with van der Waals surface area (Å²) in [6, 6.07) is 5.50. The highest BCUT2D eigenvalue weighted by Crippen LogP contribution is 2.24. The first-order chi connectivity index (χ1) is 12.5. The third kappa shape index (κ3) is 4.86. The van der Waals surface area contributed by atoms with E-state index in [4.69, 9.17) is 0 Å². The Labute approximate surface area is 152 Å². The largest absolute Gasteiger partial charge is 0.573 e. The number of benzene rings is 1. The van der Waals surface area contributed by atoms with Gasteiger partial charge in [-0.05, 0) is 17.7 Å². The van der Waals surface area contributed by atoms with Crippen LogP contribution in [-0.4, -0.2) is 42.4 Å². The summed E-state index contributed by atoms with van der Waals surface area (Å²) in [4.78, 5) is 20.5. The Kier molecular flexibility index (Phi) is 5.00. The second-order valence-corrected chi connectivity index (χ2v) is 8.15. The fourth-order valence-corrected chi connectivity index (χ4v) is 3.38. The molecule has 2 heterocycles. The van der Waals surface area contributed by atoms with Gasteiger partial charge in [0, 0.05) is 32.3 Å². The van der Waals surface area contributed by atoms with Gasteiger partial charge in [0.1, 0.15) is 5.75 Å². The summed E-state index contributed by atoms with van der Waals surface area (Å²) < 4.78 is 63.5. The zero-order valence-corrected chi connectivity index (χ0v) is 15.0. The zero-order valence-electron chi connectivity index (χ0n) is 14.2. The Hall–Kier alpha value is -2.40. The molecule has 146 valence electrons. The van der Waals surface area contributed by atoms with Crippen molar-refractivity contribution in [2.24, 2.45) is 0 Å². The number of aromatic amines is 1. The molecule has 1 aliphatic rings. The number of aromatic nitrogens is 2. The van der Waals surface area contributed by atoms with Gasteiger partial charge in [-0.3, -0.25) is 14.7 Å². The third-order valence-electron chi connectivity index (χ3n) is 4.04. The molecule has 0 saturated carbocycles. The monoisotopic (exact) mass is 403 g/mol. The number of H-pyrrole nitrogens is 1. The fraction of sp³-hybridized carbons (Fsp3) is 0.375. The normalized spacial score (nSPS) is 15.4. The van der Waals surface area contributed by atoms with Crippen molar-refractivity contribution >= 4 is 9.84 Å². The number of hydrogen-bond acceptors (Lipinski definition) is 6. The van der Waals surface area contributed by atoms with Gasteiger partial charge in [-0.2, -0.15) is 0 Å². The number of ether oxygens (including phenoxy) is 1. The topological polar surface area (TPSA) is 92.4 Å². The number of fused-ring (bicyclic) bond motifs is 1. The highest BCUT2D eigenvalue weighted by Gasteiger charge is 2.31. The number of sulfone groups is 1. The lowest BCUT2D eigenvalue weighted by Gasteiger charge is -2.27. The van der Waals surface area contributed by atoms with E-state index in [1.54, 1.807) is 0 Å². The van der Waals surface area contributed by atoms with Crippen LogP contribution in [-0.2, 0) is 29.3 Å². The van der Waals surface area contributed by atoms with E-state index in [0.29, 0.717) is 30.8 Å². The van der Waals surface area contributed by atoms with Crippen LogP contribution in [0.5, 0.6) is 5.75 Å². The Morgan fingerprint density at radius 2 is 1.93 bits per heavy atom. The smallest absolute Gasteiger partial charge is 0.406 e. The average molecular weight is 403 g/mol. The highest BCUT2D eigenvalue weighted by atomic mass is 32.2. The molecular weight excluding hydrogens is 387 g/mol. The summed E-state index contributed by atoms with van der Waals surface area (Å²) in [6.07, 6.45) is -3.37. The van der Waals surface area contributed by atoms with Crippen molar-refractivity contribution in [3.63, 3.8) is 0 Å². The molecule has 11 heteroatoms. The average Bonchev–Trinajstić information content (AvgIpc) is 2.55. The summed E-state index contributed by atoms with van der Waals surface area (Å²) >= 11 is 0. The minimum Gasteiger partial charge on any atom is -0.406 e. The molecule has 7 nitrogen and oxygen atoms in total. The van der Waals surface area contributed by atoms with Gasteiger partial charge in [-0.15, -0.1) is 13.2 Å². The Balaban J connectivity index is 1.72. The van der Waals surface area contributed by atoms with Crippen molar-refractivity contribution in [2.45, 2.75) is 31.0 Å². The van der Waals surface area contributed by atoms with Crippen LogP contribution in [0.3, 0.4) is 0 Å². The predicted octanol–water partition coefficient (Wildman–Crippen LogP) is 1.63. The van der Waals surface area contributed by atoms with E-state index in [2.05, 4.69) is 14.7 Å². The molecule has 1 N–H and O–H groups in total.